The first-order valence-corrected chi connectivity index (χ1v) is 5.16. The van der Waals surface area contributed by atoms with Crippen molar-refractivity contribution in [1.82, 2.24) is 10.2 Å². The van der Waals surface area contributed by atoms with Crippen LogP contribution in [0.2, 0.25) is 0 Å². The van der Waals surface area contributed by atoms with Gasteiger partial charge in [-0.2, -0.15) is 0 Å². The van der Waals surface area contributed by atoms with E-state index in [0.29, 0.717) is 0 Å². The van der Waals surface area contributed by atoms with Gasteiger partial charge in [-0.05, 0) is 40.2 Å². The lowest BCUT2D eigenvalue weighted by molar-refractivity contribution is 0.0614. The molecule has 0 aliphatic carbocycles. The molecule has 0 spiro atoms. The Labute approximate surface area is 85.3 Å². The maximum atomic E-state index is 11.1. The molecule has 14 heavy (non-hydrogen) atoms. The molecule has 1 aliphatic heterocycles. The van der Waals surface area contributed by atoms with Gasteiger partial charge in [-0.15, -0.1) is 0 Å². The summed E-state index contributed by atoms with van der Waals surface area (Å²) in [5, 5.41) is 12.4. The van der Waals surface area contributed by atoms with Crippen LogP contribution in [0.15, 0.2) is 0 Å². The summed E-state index contributed by atoms with van der Waals surface area (Å²) in [7, 11) is 0. The van der Waals surface area contributed by atoms with Gasteiger partial charge in [0.15, 0.2) is 0 Å². The van der Waals surface area contributed by atoms with Crippen LogP contribution >= 0.6 is 0 Å². The summed E-state index contributed by atoms with van der Waals surface area (Å²) in [6.07, 6.45) is 1.22. The highest BCUT2D eigenvalue weighted by Crippen LogP contribution is 2.21. The minimum atomic E-state index is -0.814. The van der Waals surface area contributed by atoms with Gasteiger partial charge >= 0.3 is 6.09 Å². The molecule has 1 atom stereocenters. The van der Waals surface area contributed by atoms with Gasteiger partial charge in [0.1, 0.15) is 0 Å². The van der Waals surface area contributed by atoms with E-state index in [2.05, 4.69) is 5.32 Å². The Balaban J connectivity index is 2.71. The zero-order chi connectivity index (χ0) is 10.8. The smallest absolute Gasteiger partial charge is 0.408 e. The lowest BCUT2D eigenvalue weighted by Crippen LogP contribution is -2.56. The Morgan fingerprint density at radius 3 is 2.50 bits per heavy atom. The van der Waals surface area contributed by atoms with Crippen molar-refractivity contribution >= 4 is 6.09 Å². The molecule has 1 fully saturated rings. The molecule has 1 aliphatic rings. The van der Waals surface area contributed by atoms with Gasteiger partial charge in [0.2, 0.25) is 0 Å². The Morgan fingerprint density at radius 1 is 1.50 bits per heavy atom. The predicted molar refractivity (Wildman–Crippen MR) is 55.5 cm³/mol. The number of rotatable bonds is 1. The van der Waals surface area contributed by atoms with Gasteiger partial charge in [0, 0.05) is 18.1 Å². The first kappa shape index (κ1) is 11.3. The average Bonchev–Trinajstić information content (AvgIpc) is 2.02. The number of amides is 1. The predicted octanol–water partition coefficient (Wildman–Crippen LogP) is 1.52. The molecule has 4 nitrogen and oxygen atoms in total. The van der Waals surface area contributed by atoms with Crippen LogP contribution in [0.1, 0.15) is 33.6 Å². The zero-order valence-electron chi connectivity index (χ0n) is 9.21. The zero-order valence-corrected chi connectivity index (χ0v) is 9.21. The molecule has 82 valence electrons. The SMILES string of the molecule is CC(C)(C)N(C(=O)O)[C@@H]1CCCNC1. The molecule has 0 aromatic heterocycles. The Kier molecular flexibility index (Phi) is 3.37. The van der Waals surface area contributed by atoms with Crippen LogP contribution in [0.25, 0.3) is 0 Å². The van der Waals surface area contributed by atoms with Gasteiger partial charge in [0.25, 0.3) is 0 Å². The summed E-state index contributed by atoms with van der Waals surface area (Å²) in [6, 6.07) is 0.126. The number of nitrogens with one attached hydrogen (secondary N) is 1. The highest BCUT2D eigenvalue weighted by molar-refractivity contribution is 5.66. The third-order valence-corrected chi connectivity index (χ3v) is 2.56. The standard InChI is InChI=1S/C10H20N2O2/c1-10(2,3)12(9(13)14)8-5-4-6-11-7-8/h8,11H,4-7H2,1-3H3,(H,13,14)/t8-/m1/s1. The minimum absolute atomic E-state index is 0.126. The molecule has 0 aromatic carbocycles. The van der Waals surface area contributed by atoms with Crippen LogP contribution in [0.3, 0.4) is 0 Å². The van der Waals surface area contributed by atoms with Crippen molar-refractivity contribution in [2.75, 3.05) is 13.1 Å². The summed E-state index contributed by atoms with van der Waals surface area (Å²) in [5.74, 6) is 0. The first-order chi connectivity index (χ1) is 6.43. The van der Waals surface area contributed by atoms with Crippen LogP contribution in [-0.2, 0) is 0 Å². The molecule has 4 heteroatoms. The second-order valence-electron chi connectivity index (χ2n) is 4.82. The Hall–Kier alpha value is -0.770. The largest absolute Gasteiger partial charge is 0.465 e. The fraction of sp³-hybridized carbons (Fsp3) is 0.900. The number of carbonyl (C=O) groups is 1. The number of hydrogen-bond acceptors (Lipinski definition) is 2. The average molecular weight is 200 g/mol. The van der Waals surface area contributed by atoms with Crippen molar-refractivity contribution in [3.8, 4) is 0 Å². The summed E-state index contributed by atoms with van der Waals surface area (Å²) in [6.45, 7) is 7.61. The molecular weight excluding hydrogens is 180 g/mol. The van der Waals surface area contributed by atoms with Crippen LogP contribution < -0.4 is 5.32 Å². The molecule has 1 heterocycles. The lowest BCUT2D eigenvalue weighted by Gasteiger charge is -2.41. The number of hydrogen-bond donors (Lipinski definition) is 2. The van der Waals surface area contributed by atoms with E-state index in [1.807, 2.05) is 20.8 Å². The van der Waals surface area contributed by atoms with Crippen molar-refractivity contribution in [2.24, 2.45) is 0 Å². The molecule has 0 bridgehead atoms. The first-order valence-electron chi connectivity index (χ1n) is 5.16. The van der Waals surface area contributed by atoms with E-state index in [0.717, 1.165) is 25.9 Å². The minimum Gasteiger partial charge on any atom is -0.465 e. The number of carboxylic acid groups (broad SMARTS) is 1. The van der Waals surface area contributed by atoms with Crippen molar-refractivity contribution in [3.63, 3.8) is 0 Å². The summed E-state index contributed by atoms with van der Waals surface area (Å²) >= 11 is 0. The van der Waals surface area contributed by atoms with Crippen molar-refractivity contribution in [1.29, 1.82) is 0 Å². The normalized spacial score (nSPS) is 23.2. The molecule has 0 saturated carbocycles. The molecule has 0 radical (unpaired) electrons. The van der Waals surface area contributed by atoms with Gasteiger partial charge in [-0.1, -0.05) is 0 Å². The molecule has 2 N–H and O–H groups in total. The second-order valence-corrected chi connectivity index (χ2v) is 4.82. The van der Waals surface area contributed by atoms with Crippen molar-refractivity contribution in [3.05, 3.63) is 0 Å². The van der Waals surface area contributed by atoms with Crippen LogP contribution in [-0.4, -0.2) is 40.8 Å². The highest BCUT2D eigenvalue weighted by Gasteiger charge is 2.33. The summed E-state index contributed by atoms with van der Waals surface area (Å²) in [5.41, 5.74) is -0.310. The fourth-order valence-corrected chi connectivity index (χ4v) is 2.04. The summed E-state index contributed by atoms with van der Waals surface area (Å²) in [4.78, 5) is 12.7. The van der Waals surface area contributed by atoms with Crippen LogP contribution in [0.4, 0.5) is 4.79 Å². The maximum absolute atomic E-state index is 11.1. The van der Waals surface area contributed by atoms with Gasteiger partial charge < -0.3 is 10.4 Å². The topological polar surface area (TPSA) is 52.6 Å². The summed E-state index contributed by atoms with van der Waals surface area (Å²) < 4.78 is 0. The van der Waals surface area contributed by atoms with E-state index >= 15 is 0 Å². The van der Waals surface area contributed by atoms with E-state index in [1.165, 1.54) is 0 Å². The highest BCUT2D eigenvalue weighted by atomic mass is 16.4. The van der Waals surface area contributed by atoms with Gasteiger partial charge in [-0.3, -0.25) is 4.90 Å². The third-order valence-electron chi connectivity index (χ3n) is 2.56. The monoisotopic (exact) mass is 200 g/mol. The molecule has 1 rings (SSSR count). The number of piperidine rings is 1. The van der Waals surface area contributed by atoms with Gasteiger partial charge in [0.05, 0.1) is 0 Å². The fourth-order valence-electron chi connectivity index (χ4n) is 2.04. The van der Waals surface area contributed by atoms with E-state index in [1.54, 1.807) is 4.90 Å². The molecule has 1 amide bonds. The Morgan fingerprint density at radius 2 is 2.14 bits per heavy atom. The van der Waals surface area contributed by atoms with Gasteiger partial charge in [-0.25, -0.2) is 4.79 Å². The quantitative estimate of drug-likeness (QED) is 0.674. The van der Waals surface area contributed by atoms with E-state index in [4.69, 9.17) is 5.11 Å². The van der Waals surface area contributed by atoms with E-state index < -0.39 is 6.09 Å². The van der Waals surface area contributed by atoms with Crippen molar-refractivity contribution in [2.45, 2.75) is 45.2 Å². The van der Waals surface area contributed by atoms with Crippen LogP contribution in [0, 0.1) is 0 Å². The number of nitrogens with zero attached hydrogens (tertiary/aromatic N) is 1. The van der Waals surface area contributed by atoms with Crippen LogP contribution in [0.5, 0.6) is 0 Å². The lowest BCUT2D eigenvalue weighted by atomic mass is 9.99. The van der Waals surface area contributed by atoms with Crippen molar-refractivity contribution < 1.29 is 9.90 Å². The maximum Gasteiger partial charge on any atom is 0.408 e. The molecule has 0 aromatic rings. The molecule has 0 unspecified atom stereocenters. The van der Waals surface area contributed by atoms with E-state index in [-0.39, 0.29) is 11.6 Å². The third kappa shape index (κ3) is 2.61. The molecule has 1 saturated heterocycles. The molecular formula is C10H20N2O2. The second kappa shape index (κ2) is 4.17. The van der Waals surface area contributed by atoms with E-state index in [9.17, 15) is 4.79 Å². The Bertz CT molecular complexity index is 205.